The van der Waals surface area contributed by atoms with Gasteiger partial charge in [-0.1, -0.05) is 47.6 Å². The van der Waals surface area contributed by atoms with E-state index in [2.05, 4.69) is 10.3 Å². The molecule has 0 spiro atoms. The Morgan fingerprint density at radius 3 is 2.82 bits per heavy atom. The van der Waals surface area contributed by atoms with E-state index in [1.54, 1.807) is 37.3 Å². The molecule has 1 amide bonds. The fourth-order valence-corrected chi connectivity index (χ4v) is 4.54. The van der Waals surface area contributed by atoms with Crippen LogP contribution in [-0.2, 0) is 14.3 Å². The molecule has 0 saturated carbocycles. The van der Waals surface area contributed by atoms with Gasteiger partial charge in [-0.15, -0.1) is 0 Å². The summed E-state index contributed by atoms with van der Waals surface area (Å²) in [7, 11) is 0. The van der Waals surface area contributed by atoms with Crippen LogP contribution < -0.4 is 10.1 Å². The van der Waals surface area contributed by atoms with Crippen LogP contribution in [0.2, 0.25) is 5.02 Å². The van der Waals surface area contributed by atoms with Crippen molar-refractivity contribution in [3.8, 4) is 5.75 Å². The van der Waals surface area contributed by atoms with E-state index >= 15 is 0 Å². The Morgan fingerprint density at radius 2 is 2.03 bits per heavy atom. The fraction of sp³-hybridized carbons (Fsp3) is 0.208. The van der Waals surface area contributed by atoms with E-state index in [-0.39, 0.29) is 19.1 Å². The van der Waals surface area contributed by atoms with Crippen molar-refractivity contribution in [1.29, 1.82) is 0 Å². The SMILES string of the molecule is CCOC(=O)C1=C(C)N=C2SC=CN2C1c1cccc(OCC(=O)Nc2ccccc2Cl)c1. The summed E-state index contributed by atoms with van der Waals surface area (Å²) in [6, 6.07) is 13.9. The van der Waals surface area contributed by atoms with Crippen molar-refractivity contribution in [1.82, 2.24) is 4.90 Å². The number of fused-ring (bicyclic) bond motifs is 1. The number of amidine groups is 1. The number of carbonyl (C=O) groups excluding carboxylic acids is 2. The van der Waals surface area contributed by atoms with E-state index in [4.69, 9.17) is 21.1 Å². The van der Waals surface area contributed by atoms with Gasteiger partial charge < -0.3 is 19.7 Å². The van der Waals surface area contributed by atoms with Gasteiger partial charge in [0.25, 0.3) is 5.91 Å². The smallest absolute Gasteiger partial charge is 0.338 e. The van der Waals surface area contributed by atoms with Crippen LogP contribution in [0.3, 0.4) is 0 Å². The fourth-order valence-electron chi connectivity index (χ4n) is 3.57. The number of nitrogens with one attached hydrogen (secondary N) is 1. The van der Waals surface area contributed by atoms with Crippen LogP contribution in [0.4, 0.5) is 5.69 Å². The first-order chi connectivity index (χ1) is 16.0. The minimum Gasteiger partial charge on any atom is -0.484 e. The normalized spacial score (nSPS) is 16.9. The molecule has 33 heavy (non-hydrogen) atoms. The Kier molecular flexibility index (Phi) is 7.05. The van der Waals surface area contributed by atoms with Crippen molar-refractivity contribution >= 4 is 46.1 Å². The Bertz CT molecular complexity index is 1180. The predicted octanol–water partition coefficient (Wildman–Crippen LogP) is 5.13. The molecule has 7 nitrogen and oxygen atoms in total. The molecule has 170 valence electrons. The van der Waals surface area contributed by atoms with Crippen LogP contribution in [-0.4, -0.2) is 35.2 Å². The highest BCUT2D eigenvalue weighted by Crippen LogP contribution is 2.41. The van der Waals surface area contributed by atoms with E-state index in [0.29, 0.717) is 27.7 Å². The first-order valence-electron chi connectivity index (χ1n) is 10.3. The number of carbonyl (C=O) groups is 2. The first-order valence-corrected chi connectivity index (χ1v) is 11.6. The van der Waals surface area contributed by atoms with Crippen LogP contribution in [0.25, 0.3) is 0 Å². The Balaban J connectivity index is 1.54. The summed E-state index contributed by atoms with van der Waals surface area (Å²) >= 11 is 7.58. The molecule has 2 aromatic rings. The van der Waals surface area contributed by atoms with Gasteiger partial charge in [-0.25, -0.2) is 9.79 Å². The summed E-state index contributed by atoms with van der Waals surface area (Å²) in [6.45, 7) is 3.66. The van der Waals surface area contributed by atoms with Gasteiger partial charge in [0, 0.05) is 6.20 Å². The van der Waals surface area contributed by atoms with Crippen LogP contribution in [0.15, 0.2) is 76.4 Å². The monoisotopic (exact) mass is 483 g/mol. The molecule has 0 fully saturated rings. The van der Waals surface area contributed by atoms with Gasteiger partial charge in [-0.2, -0.15) is 0 Å². The summed E-state index contributed by atoms with van der Waals surface area (Å²) in [5, 5.41) is 5.89. The van der Waals surface area contributed by atoms with E-state index in [0.717, 1.165) is 10.7 Å². The summed E-state index contributed by atoms with van der Waals surface area (Å²) in [5.41, 5.74) is 2.43. The highest BCUT2D eigenvalue weighted by atomic mass is 35.5. The van der Waals surface area contributed by atoms with Crippen molar-refractivity contribution in [2.75, 3.05) is 18.5 Å². The maximum absolute atomic E-state index is 12.8. The van der Waals surface area contributed by atoms with Crippen molar-refractivity contribution in [3.63, 3.8) is 0 Å². The number of hydrogen-bond donors (Lipinski definition) is 1. The number of para-hydroxylation sites is 1. The molecular formula is C24H22ClN3O4S. The lowest BCUT2D eigenvalue weighted by Crippen LogP contribution is -2.34. The summed E-state index contributed by atoms with van der Waals surface area (Å²) in [5.74, 6) is -0.233. The average molecular weight is 484 g/mol. The van der Waals surface area contributed by atoms with Gasteiger partial charge in [0.1, 0.15) is 5.75 Å². The number of benzene rings is 2. The number of nitrogens with zero attached hydrogens (tertiary/aromatic N) is 2. The van der Waals surface area contributed by atoms with Crippen LogP contribution in [0, 0.1) is 0 Å². The minimum atomic E-state index is -0.414. The molecule has 1 N–H and O–H groups in total. The van der Waals surface area contributed by atoms with Gasteiger partial charge in [-0.3, -0.25) is 4.79 Å². The molecule has 4 rings (SSSR count). The number of hydrogen-bond acceptors (Lipinski definition) is 7. The van der Waals surface area contributed by atoms with Crippen LogP contribution >= 0.6 is 23.4 Å². The summed E-state index contributed by atoms with van der Waals surface area (Å²) in [6.07, 6.45) is 1.89. The van der Waals surface area contributed by atoms with Crippen molar-refractivity contribution in [2.45, 2.75) is 19.9 Å². The number of rotatable bonds is 7. The lowest BCUT2D eigenvalue weighted by atomic mass is 9.94. The molecule has 0 aromatic heterocycles. The van der Waals surface area contributed by atoms with Crippen molar-refractivity contribution in [3.05, 3.63) is 82.0 Å². The Labute approximate surface area is 201 Å². The van der Waals surface area contributed by atoms with E-state index in [1.807, 2.05) is 41.6 Å². The first kappa shape index (κ1) is 22.9. The van der Waals surface area contributed by atoms with Gasteiger partial charge >= 0.3 is 5.97 Å². The molecule has 2 heterocycles. The second-order valence-corrected chi connectivity index (χ2v) is 8.50. The molecule has 2 aliphatic heterocycles. The number of thioether (sulfide) groups is 1. The molecule has 2 aliphatic rings. The Hall–Kier alpha value is -3.23. The molecule has 0 aliphatic carbocycles. The molecule has 0 saturated heterocycles. The third-order valence-corrected chi connectivity index (χ3v) is 6.11. The molecule has 2 aromatic carbocycles. The average Bonchev–Trinajstić information content (AvgIpc) is 3.26. The summed E-state index contributed by atoms with van der Waals surface area (Å²) in [4.78, 5) is 31.6. The van der Waals surface area contributed by atoms with E-state index in [9.17, 15) is 9.59 Å². The van der Waals surface area contributed by atoms with Crippen molar-refractivity contribution in [2.24, 2.45) is 4.99 Å². The second kappa shape index (κ2) is 10.1. The van der Waals surface area contributed by atoms with Crippen molar-refractivity contribution < 1.29 is 19.1 Å². The van der Waals surface area contributed by atoms with Crippen LogP contribution in [0.1, 0.15) is 25.5 Å². The minimum absolute atomic E-state index is 0.189. The third kappa shape index (κ3) is 5.07. The highest BCUT2D eigenvalue weighted by molar-refractivity contribution is 8.16. The second-order valence-electron chi connectivity index (χ2n) is 7.22. The largest absolute Gasteiger partial charge is 0.484 e. The summed E-state index contributed by atoms with van der Waals surface area (Å²) < 4.78 is 11.0. The highest BCUT2D eigenvalue weighted by Gasteiger charge is 2.37. The predicted molar refractivity (Wildman–Crippen MR) is 130 cm³/mol. The molecule has 1 atom stereocenters. The number of allylic oxidation sites excluding steroid dienone is 1. The molecular weight excluding hydrogens is 462 g/mol. The molecule has 0 bridgehead atoms. The number of halogens is 1. The third-order valence-electron chi connectivity index (χ3n) is 5.01. The molecule has 0 radical (unpaired) electrons. The van der Waals surface area contributed by atoms with Gasteiger partial charge in [0.05, 0.1) is 34.6 Å². The van der Waals surface area contributed by atoms with E-state index < -0.39 is 12.0 Å². The van der Waals surface area contributed by atoms with Gasteiger partial charge in [0.2, 0.25) is 0 Å². The molecule has 9 heteroatoms. The zero-order chi connectivity index (χ0) is 23.4. The topological polar surface area (TPSA) is 80.2 Å². The zero-order valence-corrected chi connectivity index (χ0v) is 19.7. The standard InChI is InChI=1S/C24H22ClN3O4S/c1-3-31-23(30)21-15(2)26-24-28(11-12-33-24)22(21)16-7-6-8-17(13-16)32-14-20(29)27-19-10-5-4-9-18(19)25/h4-13,22H,3,14H2,1-2H3,(H,27,29). The number of ether oxygens (including phenoxy) is 2. The number of aliphatic imine (C=N–C) groups is 1. The quantitative estimate of drug-likeness (QED) is 0.550. The number of amides is 1. The zero-order valence-electron chi connectivity index (χ0n) is 18.1. The van der Waals surface area contributed by atoms with E-state index in [1.165, 1.54) is 11.8 Å². The maximum Gasteiger partial charge on any atom is 0.338 e. The Morgan fingerprint density at radius 1 is 1.21 bits per heavy atom. The maximum atomic E-state index is 12.8. The van der Waals surface area contributed by atoms with Gasteiger partial charge in [-0.05, 0) is 49.1 Å². The lowest BCUT2D eigenvalue weighted by molar-refractivity contribution is -0.139. The lowest BCUT2D eigenvalue weighted by Gasteiger charge is -2.33. The number of anilines is 1. The van der Waals surface area contributed by atoms with Crippen LogP contribution in [0.5, 0.6) is 5.75 Å². The number of esters is 1. The van der Waals surface area contributed by atoms with Gasteiger partial charge in [0.15, 0.2) is 11.8 Å². The molecule has 1 unspecified atom stereocenters.